The molecule has 0 fully saturated rings. The lowest BCUT2D eigenvalue weighted by Crippen LogP contribution is -2.30. The van der Waals surface area contributed by atoms with Crippen molar-refractivity contribution in [2.45, 2.75) is 25.4 Å². The molecule has 0 heterocycles. The van der Waals surface area contributed by atoms with Gasteiger partial charge < -0.3 is 16.6 Å². The van der Waals surface area contributed by atoms with E-state index in [2.05, 4.69) is 0 Å². The van der Waals surface area contributed by atoms with Gasteiger partial charge in [-0.3, -0.25) is 4.79 Å². The Morgan fingerprint density at radius 1 is 1.27 bits per heavy atom. The molecule has 15 heavy (non-hydrogen) atoms. The van der Waals surface area contributed by atoms with Gasteiger partial charge in [0.1, 0.15) is 6.04 Å². The lowest BCUT2D eigenvalue weighted by Gasteiger charge is -2.06. The summed E-state index contributed by atoms with van der Waals surface area (Å²) in [6.07, 6.45) is 1.13. The maximum atomic E-state index is 10.5. The first-order chi connectivity index (χ1) is 7.13. The number of rotatable bonds is 5. The predicted molar refractivity (Wildman–Crippen MR) is 58.3 cm³/mol. The monoisotopic (exact) mass is 208 g/mol. The minimum atomic E-state index is -0.950. The molecule has 0 aliphatic rings. The van der Waals surface area contributed by atoms with Gasteiger partial charge in [0.25, 0.3) is 0 Å². The Morgan fingerprint density at radius 3 is 2.27 bits per heavy atom. The van der Waals surface area contributed by atoms with Gasteiger partial charge in [0.05, 0.1) is 0 Å². The first kappa shape index (κ1) is 11.7. The fraction of sp³-hybridized carbons (Fsp3) is 0.364. The van der Waals surface area contributed by atoms with Gasteiger partial charge in [0, 0.05) is 6.54 Å². The molecule has 0 spiro atoms. The molecule has 5 N–H and O–H groups in total. The fourth-order valence-electron chi connectivity index (χ4n) is 1.29. The summed E-state index contributed by atoms with van der Waals surface area (Å²) >= 11 is 0. The van der Waals surface area contributed by atoms with Gasteiger partial charge in [-0.15, -0.1) is 0 Å². The van der Waals surface area contributed by atoms with Crippen molar-refractivity contribution in [1.29, 1.82) is 0 Å². The van der Waals surface area contributed by atoms with E-state index >= 15 is 0 Å². The molecule has 0 aliphatic heterocycles. The van der Waals surface area contributed by atoms with Crippen molar-refractivity contribution in [1.82, 2.24) is 0 Å². The molecule has 0 aromatic heterocycles. The Labute approximate surface area is 88.9 Å². The van der Waals surface area contributed by atoms with Crippen LogP contribution >= 0.6 is 0 Å². The van der Waals surface area contributed by atoms with E-state index in [1.165, 1.54) is 0 Å². The molecule has 1 atom stereocenters. The molecule has 4 heteroatoms. The van der Waals surface area contributed by atoms with Crippen LogP contribution in [0.25, 0.3) is 0 Å². The zero-order valence-electron chi connectivity index (χ0n) is 8.52. The third kappa shape index (κ3) is 3.69. The van der Waals surface area contributed by atoms with Crippen molar-refractivity contribution in [2.75, 3.05) is 0 Å². The molecule has 4 nitrogen and oxygen atoms in total. The van der Waals surface area contributed by atoms with E-state index in [9.17, 15) is 4.79 Å². The number of carboxylic acids is 1. The molecule has 0 saturated heterocycles. The standard InChI is InChI=1S/C11H16N2O2/c12-7-9-3-1-8(2-4-9)5-6-10(13)11(14)15/h1-4,10H,5-7,12-13H2,(H,14,15)/t10-/m0/s1. The highest BCUT2D eigenvalue weighted by Crippen LogP contribution is 2.07. The smallest absolute Gasteiger partial charge is 0.320 e. The molecule has 0 radical (unpaired) electrons. The zero-order chi connectivity index (χ0) is 11.3. The molecule has 0 saturated carbocycles. The number of aryl methyl sites for hydroxylation is 1. The van der Waals surface area contributed by atoms with E-state index in [0.717, 1.165) is 11.1 Å². The third-order valence-corrected chi connectivity index (χ3v) is 2.32. The molecule has 0 unspecified atom stereocenters. The first-order valence-corrected chi connectivity index (χ1v) is 4.89. The lowest BCUT2D eigenvalue weighted by atomic mass is 10.0. The zero-order valence-corrected chi connectivity index (χ0v) is 8.52. The van der Waals surface area contributed by atoms with E-state index in [1.54, 1.807) is 0 Å². The molecule has 82 valence electrons. The summed E-state index contributed by atoms with van der Waals surface area (Å²) < 4.78 is 0. The molecular formula is C11H16N2O2. The third-order valence-electron chi connectivity index (χ3n) is 2.32. The number of benzene rings is 1. The van der Waals surface area contributed by atoms with Crippen LogP contribution in [-0.4, -0.2) is 17.1 Å². The van der Waals surface area contributed by atoms with Crippen molar-refractivity contribution in [3.63, 3.8) is 0 Å². The van der Waals surface area contributed by atoms with Crippen LogP contribution in [-0.2, 0) is 17.8 Å². The molecule has 1 rings (SSSR count). The minimum absolute atomic E-state index is 0.456. The summed E-state index contributed by atoms with van der Waals surface area (Å²) in [5.74, 6) is -0.950. The second kappa shape index (κ2) is 5.48. The average molecular weight is 208 g/mol. The van der Waals surface area contributed by atoms with Crippen molar-refractivity contribution < 1.29 is 9.90 Å². The van der Waals surface area contributed by atoms with Crippen LogP contribution < -0.4 is 11.5 Å². The Bertz CT molecular complexity index is 322. The van der Waals surface area contributed by atoms with Crippen molar-refractivity contribution in [3.05, 3.63) is 35.4 Å². The topological polar surface area (TPSA) is 89.3 Å². The van der Waals surface area contributed by atoms with Gasteiger partial charge in [-0.05, 0) is 24.0 Å². The maximum absolute atomic E-state index is 10.5. The Kier molecular flexibility index (Phi) is 4.27. The lowest BCUT2D eigenvalue weighted by molar-refractivity contribution is -0.138. The Balaban J connectivity index is 2.47. The largest absolute Gasteiger partial charge is 0.480 e. The van der Waals surface area contributed by atoms with Gasteiger partial charge in [0.15, 0.2) is 0 Å². The summed E-state index contributed by atoms with van der Waals surface area (Å²) in [5.41, 5.74) is 13.0. The van der Waals surface area contributed by atoms with Crippen molar-refractivity contribution >= 4 is 5.97 Å². The van der Waals surface area contributed by atoms with Gasteiger partial charge in [-0.25, -0.2) is 0 Å². The second-order valence-electron chi connectivity index (χ2n) is 3.50. The van der Waals surface area contributed by atoms with Crippen LogP contribution in [0.1, 0.15) is 17.5 Å². The first-order valence-electron chi connectivity index (χ1n) is 4.89. The Hall–Kier alpha value is -1.39. The van der Waals surface area contributed by atoms with Crippen molar-refractivity contribution in [3.8, 4) is 0 Å². The van der Waals surface area contributed by atoms with Gasteiger partial charge >= 0.3 is 5.97 Å². The van der Waals surface area contributed by atoms with Crippen LogP contribution in [0.15, 0.2) is 24.3 Å². The predicted octanol–water partition coefficient (Wildman–Crippen LogP) is 0.490. The molecule has 0 bridgehead atoms. The van der Waals surface area contributed by atoms with Gasteiger partial charge in [-0.2, -0.15) is 0 Å². The number of carbonyl (C=O) groups is 1. The number of carboxylic acid groups (broad SMARTS) is 1. The van der Waals surface area contributed by atoms with E-state index in [1.807, 2.05) is 24.3 Å². The van der Waals surface area contributed by atoms with Crippen molar-refractivity contribution in [2.24, 2.45) is 11.5 Å². The van der Waals surface area contributed by atoms with Crippen LogP contribution in [0.3, 0.4) is 0 Å². The summed E-state index contributed by atoms with van der Waals surface area (Å²) in [6.45, 7) is 0.523. The van der Waals surface area contributed by atoms with Crippen LogP contribution in [0, 0.1) is 0 Å². The van der Waals surface area contributed by atoms with Gasteiger partial charge in [-0.1, -0.05) is 24.3 Å². The molecule has 0 amide bonds. The van der Waals surface area contributed by atoms with E-state index in [0.29, 0.717) is 19.4 Å². The highest BCUT2D eigenvalue weighted by molar-refractivity contribution is 5.73. The maximum Gasteiger partial charge on any atom is 0.320 e. The minimum Gasteiger partial charge on any atom is -0.480 e. The summed E-state index contributed by atoms with van der Waals surface area (Å²) in [6, 6.07) is 7.02. The quantitative estimate of drug-likeness (QED) is 0.657. The van der Waals surface area contributed by atoms with Gasteiger partial charge in [0.2, 0.25) is 0 Å². The number of aliphatic carboxylic acids is 1. The van der Waals surface area contributed by atoms with E-state index in [-0.39, 0.29) is 0 Å². The van der Waals surface area contributed by atoms with Crippen LogP contribution in [0.5, 0.6) is 0 Å². The molecular weight excluding hydrogens is 192 g/mol. The van der Waals surface area contributed by atoms with E-state index in [4.69, 9.17) is 16.6 Å². The summed E-state index contributed by atoms with van der Waals surface area (Å²) in [5, 5.41) is 8.60. The second-order valence-corrected chi connectivity index (χ2v) is 3.50. The highest BCUT2D eigenvalue weighted by Gasteiger charge is 2.10. The van der Waals surface area contributed by atoms with Crippen LogP contribution in [0.2, 0.25) is 0 Å². The van der Waals surface area contributed by atoms with Crippen LogP contribution in [0.4, 0.5) is 0 Å². The highest BCUT2D eigenvalue weighted by atomic mass is 16.4. The molecule has 0 aliphatic carbocycles. The number of hydrogen-bond acceptors (Lipinski definition) is 3. The molecule has 1 aromatic carbocycles. The molecule has 1 aromatic rings. The number of nitrogens with two attached hydrogens (primary N) is 2. The number of hydrogen-bond donors (Lipinski definition) is 3. The Morgan fingerprint density at radius 2 is 1.80 bits per heavy atom. The average Bonchev–Trinajstić information content (AvgIpc) is 2.26. The fourth-order valence-corrected chi connectivity index (χ4v) is 1.29. The summed E-state index contributed by atoms with van der Waals surface area (Å²) in [4.78, 5) is 10.5. The SMILES string of the molecule is NCc1ccc(CC[C@H](N)C(=O)O)cc1. The van der Waals surface area contributed by atoms with E-state index < -0.39 is 12.0 Å². The normalized spacial score (nSPS) is 12.4. The summed E-state index contributed by atoms with van der Waals surface area (Å²) in [7, 11) is 0.